The van der Waals surface area contributed by atoms with Crippen molar-refractivity contribution in [3.63, 3.8) is 0 Å². The van der Waals surface area contributed by atoms with Crippen LogP contribution in [0.3, 0.4) is 0 Å². The van der Waals surface area contributed by atoms with Crippen LogP contribution >= 0.6 is 0 Å². The molecule has 1 atom stereocenters. The lowest BCUT2D eigenvalue weighted by atomic mass is 10.0. The molecule has 0 saturated carbocycles. The maximum Gasteiger partial charge on any atom is 0.330 e. The Morgan fingerprint density at radius 1 is 1.04 bits per heavy atom. The monoisotopic (exact) mass is 354 g/mol. The van der Waals surface area contributed by atoms with Gasteiger partial charge in [0.05, 0.1) is 6.61 Å². The number of carbonyl (C=O) groups is 1. The minimum absolute atomic E-state index is 0.268. The summed E-state index contributed by atoms with van der Waals surface area (Å²) >= 11 is 0. The Hall–Kier alpha value is -2.09. The molecule has 0 radical (unpaired) electrons. The quantitative estimate of drug-likeness (QED) is 0.250. The summed E-state index contributed by atoms with van der Waals surface area (Å²) in [4.78, 5) is 11.7. The van der Waals surface area contributed by atoms with Gasteiger partial charge in [-0.25, -0.2) is 4.79 Å². The number of allylic oxidation sites excluding steroid dienone is 4. The molecule has 1 aromatic rings. The van der Waals surface area contributed by atoms with E-state index >= 15 is 0 Å². The van der Waals surface area contributed by atoms with Crippen LogP contribution in [-0.2, 0) is 9.53 Å². The van der Waals surface area contributed by atoms with Gasteiger partial charge in [-0.05, 0) is 70.4 Å². The second kappa shape index (κ2) is 13.2. The Kier molecular flexibility index (Phi) is 11.1. The molecule has 1 aromatic carbocycles. The van der Waals surface area contributed by atoms with Crippen molar-refractivity contribution in [3.05, 3.63) is 65.3 Å². The van der Waals surface area contributed by atoms with Crippen molar-refractivity contribution >= 4 is 12.0 Å². The maximum atomic E-state index is 11.7. The summed E-state index contributed by atoms with van der Waals surface area (Å²) in [6.07, 6.45) is 13.4. The molecule has 0 amide bonds. The largest absolute Gasteiger partial charge is 0.463 e. The van der Waals surface area contributed by atoms with Gasteiger partial charge in [0.15, 0.2) is 0 Å². The van der Waals surface area contributed by atoms with Crippen LogP contribution in [0.15, 0.2) is 59.7 Å². The first-order valence-electron chi connectivity index (χ1n) is 9.66. The molecule has 0 N–H and O–H groups in total. The summed E-state index contributed by atoms with van der Waals surface area (Å²) in [5.74, 6) is 0.291. The fraction of sp³-hybridized carbons (Fsp3) is 0.458. The molecule has 0 heterocycles. The average molecular weight is 355 g/mol. The molecule has 0 fully saturated rings. The van der Waals surface area contributed by atoms with E-state index in [1.54, 1.807) is 6.08 Å². The molecule has 0 unspecified atom stereocenters. The van der Waals surface area contributed by atoms with E-state index in [2.05, 4.69) is 39.8 Å². The SMILES string of the molecule is CC(C)=CCC/C(C)=C/CC[C@H](C)CCOC(=O)C=Cc1ccccc1. The van der Waals surface area contributed by atoms with E-state index in [1.807, 2.05) is 30.3 Å². The number of carbonyl (C=O) groups excluding carboxylic acids is 1. The summed E-state index contributed by atoms with van der Waals surface area (Å²) in [7, 11) is 0. The number of hydrogen-bond acceptors (Lipinski definition) is 2. The Bertz CT molecular complexity index is 604. The molecule has 1 rings (SSSR count). The molecule has 0 saturated heterocycles. The van der Waals surface area contributed by atoms with Gasteiger partial charge in [0, 0.05) is 6.08 Å². The van der Waals surface area contributed by atoms with E-state index in [1.165, 1.54) is 17.2 Å². The molecule has 142 valence electrons. The van der Waals surface area contributed by atoms with Gasteiger partial charge in [-0.1, -0.05) is 60.6 Å². The van der Waals surface area contributed by atoms with Crippen LogP contribution in [0, 0.1) is 5.92 Å². The van der Waals surface area contributed by atoms with E-state index in [0.717, 1.165) is 37.7 Å². The highest BCUT2D eigenvalue weighted by Gasteiger charge is 2.03. The molecular formula is C24H34O2. The van der Waals surface area contributed by atoms with E-state index in [4.69, 9.17) is 4.74 Å². The third-order valence-electron chi connectivity index (χ3n) is 4.31. The molecule has 0 aliphatic rings. The highest BCUT2D eigenvalue weighted by Crippen LogP contribution is 2.14. The van der Waals surface area contributed by atoms with Crippen molar-refractivity contribution in [3.8, 4) is 0 Å². The number of ether oxygens (including phenoxy) is 1. The third-order valence-corrected chi connectivity index (χ3v) is 4.31. The molecule has 26 heavy (non-hydrogen) atoms. The molecule has 0 spiro atoms. The van der Waals surface area contributed by atoms with Crippen molar-refractivity contribution < 1.29 is 9.53 Å². The van der Waals surface area contributed by atoms with Gasteiger partial charge in [0.1, 0.15) is 0 Å². The molecule has 0 aliphatic carbocycles. The van der Waals surface area contributed by atoms with Gasteiger partial charge in [0.2, 0.25) is 0 Å². The Labute approximate surface area is 159 Å². The predicted octanol–water partition coefficient (Wildman–Crippen LogP) is 6.74. The highest BCUT2D eigenvalue weighted by atomic mass is 16.5. The number of hydrogen-bond donors (Lipinski definition) is 0. The zero-order chi connectivity index (χ0) is 19.2. The first kappa shape index (κ1) is 22.0. The van der Waals surface area contributed by atoms with Crippen LogP contribution in [0.1, 0.15) is 65.4 Å². The lowest BCUT2D eigenvalue weighted by Gasteiger charge is -2.10. The van der Waals surface area contributed by atoms with Gasteiger partial charge in [-0.2, -0.15) is 0 Å². The Morgan fingerprint density at radius 2 is 1.77 bits per heavy atom. The topological polar surface area (TPSA) is 26.3 Å². The lowest BCUT2D eigenvalue weighted by molar-refractivity contribution is -0.138. The minimum Gasteiger partial charge on any atom is -0.463 e. The summed E-state index contributed by atoms with van der Waals surface area (Å²) in [5.41, 5.74) is 3.86. The number of rotatable bonds is 11. The highest BCUT2D eigenvalue weighted by molar-refractivity contribution is 5.86. The van der Waals surface area contributed by atoms with Crippen molar-refractivity contribution in [2.24, 2.45) is 5.92 Å². The average Bonchev–Trinajstić information content (AvgIpc) is 2.60. The summed E-state index contributed by atoms with van der Waals surface area (Å²) in [5, 5.41) is 0. The first-order valence-corrected chi connectivity index (χ1v) is 9.66. The van der Waals surface area contributed by atoms with E-state index in [-0.39, 0.29) is 5.97 Å². The fourth-order valence-electron chi connectivity index (χ4n) is 2.59. The van der Waals surface area contributed by atoms with Crippen LogP contribution in [0.25, 0.3) is 6.08 Å². The van der Waals surface area contributed by atoms with E-state index < -0.39 is 0 Å². The molecule has 0 aromatic heterocycles. The second-order valence-electron chi connectivity index (χ2n) is 7.25. The van der Waals surface area contributed by atoms with Gasteiger partial charge in [-0.15, -0.1) is 0 Å². The van der Waals surface area contributed by atoms with Gasteiger partial charge >= 0.3 is 5.97 Å². The van der Waals surface area contributed by atoms with Gasteiger partial charge in [0.25, 0.3) is 0 Å². The van der Waals surface area contributed by atoms with Crippen LogP contribution in [0.2, 0.25) is 0 Å². The summed E-state index contributed by atoms with van der Waals surface area (Å²) < 4.78 is 5.29. The van der Waals surface area contributed by atoms with Crippen LogP contribution in [0.5, 0.6) is 0 Å². The molecule has 2 heteroatoms. The molecule has 0 aliphatic heterocycles. The van der Waals surface area contributed by atoms with Crippen LogP contribution in [0.4, 0.5) is 0 Å². The second-order valence-corrected chi connectivity index (χ2v) is 7.25. The van der Waals surface area contributed by atoms with E-state index in [0.29, 0.717) is 12.5 Å². The maximum absolute atomic E-state index is 11.7. The predicted molar refractivity (Wildman–Crippen MR) is 112 cm³/mol. The normalized spacial score (nSPS) is 12.8. The minimum atomic E-state index is -0.268. The lowest BCUT2D eigenvalue weighted by Crippen LogP contribution is -2.06. The molecule has 2 nitrogen and oxygen atoms in total. The molecule has 0 bridgehead atoms. The zero-order valence-corrected chi connectivity index (χ0v) is 16.8. The standard InChI is InChI=1S/C24H34O2/c1-20(2)10-8-11-21(3)12-9-13-22(4)18-19-26-24(25)17-16-23-14-6-5-7-15-23/h5-7,10,12,14-17,22H,8-9,11,13,18-19H2,1-4H3/b17-16?,21-12+/t22-/m0/s1. The fourth-order valence-corrected chi connectivity index (χ4v) is 2.59. The Balaban J connectivity index is 2.16. The van der Waals surface area contributed by atoms with E-state index in [9.17, 15) is 4.79 Å². The summed E-state index contributed by atoms with van der Waals surface area (Å²) in [6, 6.07) is 9.77. The van der Waals surface area contributed by atoms with Gasteiger partial charge in [-0.3, -0.25) is 0 Å². The van der Waals surface area contributed by atoms with Crippen LogP contribution < -0.4 is 0 Å². The van der Waals surface area contributed by atoms with Crippen molar-refractivity contribution in [1.29, 1.82) is 0 Å². The summed E-state index contributed by atoms with van der Waals surface area (Å²) in [6.45, 7) is 9.21. The van der Waals surface area contributed by atoms with Crippen molar-refractivity contribution in [2.75, 3.05) is 6.61 Å². The Morgan fingerprint density at radius 3 is 2.46 bits per heavy atom. The van der Waals surface area contributed by atoms with Gasteiger partial charge < -0.3 is 4.74 Å². The van der Waals surface area contributed by atoms with Crippen molar-refractivity contribution in [2.45, 2.75) is 59.8 Å². The number of esters is 1. The smallest absolute Gasteiger partial charge is 0.330 e. The number of benzene rings is 1. The van der Waals surface area contributed by atoms with Crippen molar-refractivity contribution in [1.82, 2.24) is 0 Å². The first-order chi connectivity index (χ1) is 12.5. The van der Waals surface area contributed by atoms with Crippen LogP contribution in [-0.4, -0.2) is 12.6 Å². The zero-order valence-electron chi connectivity index (χ0n) is 16.8. The molecular weight excluding hydrogens is 320 g/mol. The third kappa shape index (κ3) is 11.5.